The van der Waals surface area contributed by atoms with Crippen LogP contribution in [0.2, 0.25) is 0 Å². The molecule has 0 saturated carbocycles. The number of carbonyl (C=O) groups is 2. The zero-order valence-electron chi connectivity index (χ0n) is 18.4. The average molecular weight is 481 g/mol. The van der Waals surface area contributed by atoms with Crippen molar-refractivity contribution in [1.29, 1.82) is 0 Å². The quantitative estimate of drug-likeness (QED) is 0.683. The predicted octanol–water partition coefficient (Wildman–Crippen LogP) is 3.75. The number of rotatable bonds is 5. The SMILES string of the molecule is C[C@@H]1CCc2c(sc(NC(=O)CN3CCN(c4cccc(C(F)(F)F)c4)CC3)c2C(N)=O)C1. The molecule has 2 heterocycles. The van der Waals surface area contributed by atoms with Gasteiger partial charge in [0.25, 0.3) is 5.91 Å². The Bertz CT molecular complexity index is 1040. The predicted molar refractivity (Wildman–Crippen MR) is 123 cm³/mol. The number of nitrogens with zero attached hydrogens (tertiary/aromatic N) is 2. The number of benzene rings is 1. The lowest BCUT2D eigenvalue weighted by Gasteiger charge is -2.36. The summed E-state index contributed by atoms with van der Waals surface area (Å²) in [5.41, 5.74) is 6.88. The molecule has 178 valence electrons. The van der Waals surface area contributed by atoms with E-state index in [2.05, 4.69) is 12.2 Å². The minimum atomic E-state index is -4.38. The molecule has 3 N–H and O–H groups in total. The first-order chi connectivity index (χ1) is 15.6. The van der Waals surface area contributed by atoms with Crippen LogP contribution in [0.3, 0.4) is 0 Å². The van der Waals surface area contributed by atoms with Crippen LogP contribution in [0, 0.1) is 5.92 Å². The molecule has 1 atom stereocenters. The van der Waals surface area contributed by atoms with Gasteiger partial charge in [0.1, 0.15) is 5.00 Å². The molecule has 2 amide bonds. The van der Waals surface area contributed by atoms with Crippen molar-refractivity contribution in [2.75, 3.05) is 42.9 Å². The van der Waals surface area contributed by atoms with Crippen LogP contribution in [0.15, 0.2) is 24.3 Å². The van der Waals surface area contributed by atoms with E-state index in [-0.39, 0.29) is 12.5 Å². The summed E-state index contributed by atoms with van der Waals surface area (Å²) in [7, 11) is 0. The van der Waals surface area contributed by atoms with Crippen molar-refractivity contribution in [3.05, 3.63) is 45.8 Å². The largest absolute Gasteiger partial charge is 0.416 e. The number of thiophene rings is 1. The van der Waals surface area contributed by atoms with E-state index < -0.39 is 17.6 Å². The number of anilines is 2. The first-order valence-corrected chi connectivity index (χ1v) is 11.8. The molecule has 2 aromatic rings. The van der Waals surface area contributed by atoms with Crippen LogP contribution in [0.25, 0.3) is 0 Å². The van der Waals surface area contributed by atoms with Crippen molar-refractivity contribution in [2.45, 2.75) is 32.4 Å². The molecule has 0 spiro atoms. The molecule has 1 fully saturated rings. The summed E-state index contributed by atoms with van der Waals surface area (Å²) in [5, 5.41) is 3.40. The highest BCUT2D eigenvalue weighted by Gasteiger charge is 2.31. The number of alkyl halides is 3. The molecule has 0 unspecified atom stereocenters. The molecule has 2 aliphatic rings. The van der Waals surface area contributed by atoms with Crippen molar-refractivity contribution in [1.82, 2.24) is 4.90 Å². The minimum absolute atomic E-state index is 0.146. The molecule has 0 bridgehead atoms. The van der Waals surface area contributed by atoms with Crippen LogP contribution in [0.4, 0.5) is 23.9 Å². The van der Waals surface area contributed by atoms with E-state index in [1.807, 2.05) is 9.80 Å². The second-order valence-corrected chi connectivity index (χ2v) is 9.88. The van der Waals surface area contributed by atoms with Crippen molar-refractivity contribution in [3.63, 3.8) is 0 Å². The number of fused-ring (bicyclic) bond motifs is 1. The van der Waals surface area contributed by atoms with Gasteiger partial charge in [0, 0.05) is 36.7 Å². The fraction of sp³-hybridized carbons (Fsp3) is 0.478. The number of primary amides is 1. The molecule has 6 nitrogen and oxygen atoms in total. The molecular weight excluding hydrogens is 453 g/mol. The third-order valence-corrected chi connectivity index (χ3v) is 7.46. The zero-order valence-corrected chi connectivity index (χ0v) is 19.2. The number of piperazine rings is 1. The summed E-state index contributed by atoms with van der Waals surface area (Å²) < 4.78 is 39.0. The normalized spacial score (nSPS) is 19.3. The number of carbonyl (C=O) groups excluding carboxylic acids is 2. The fourth-order valence-electron chi connectivity index (χ4n) is 4.51. The second kappa shape index (κ2) is 9.34. The average Bonchev–Trinajstić information content (AvgIpc) is 3.10. The maximum atomic E-state index is 13.0. The first kappa shape index (κ1) is 23.6. The number of nitrogens with one attached hydrogen (secondary N) is 1. The Balaban J connectivity index is 1.35. The van der Waals surface area contributed by atoms with Crippen LogP contribution in [0.1, 0.15) is 39.7 Å². The zero-order chi connectivity index (χ0) is 23.8. The highest BCUT2D eigenvalue weighted by atomic mass is 32.1. The third kappa shape index (κ3) is 5.33. The molecule has 1 aliphatic carbocycles. The molecule has 4 rings (SSSR count). The Morgan fingerprint density at radius 3 is 2.61 bits per heavy atom. The summed E-state index contributed by atoms with van der Waals surface area (Å²) in [4.78, 5) is 29.7. The van der Waals surface area contributed by atoms with Crippen molar-refractivity contribution in [3.8, 4) is 0 Å². The van der Waals surface area contributed by atoms with E-state index in [0.717, 1.165) is 41.8 Å². The molecule has 10 heteroatoms. The number of hydrogen-bond donors (Lipinski definition) is 2. The van der Waals surface area contributed by atoms with Gasteiger partial charge in [-0.1, -0.05) is 13.0 Å². The Morgan fingerprint density at radius 2 is 1.94 bits per heavy atom. The van der Waals surface area contributed by atoms with Crippen molar-refractivity contribution < 1.29 is 22.8 Å². The van der Waals surface area contributed by atoms with E-state index in [0.29, 0.717) is 48.3 Å². The maximum absolute atomic E-state index is 13.0. The Hall–Kier alpha value is -2.59. The standard InChI is InChI=1S/C23H27F3N4O2S/c1-14-5-6-17-18(11-14)33-22(20(17)21(27)32)28-19(31)13-29-7-9-30(10-8-29)16-4-2-3-15(12-16)23(24,25)26/h2-4,12,14H,5-11,13H2,1H3,(H2,27,32)(H,28,31)/t14-/m1/s1. The highest BCUT2D eigenvalue weighted by molar-refractivity contribution is 7.17. The number of nitrogens with two attached hydrogens (primary N) is 1. The number of halogens is 3. The van der Waals surface area contributed by atoms with Crippen LogP contribution in [-0.2, 0) is 23.8 Å². The lowest BCUT2D eigenvalue weighted by atomic mass is 9.88. The minimum Gasteiger partial charge on any atom is -0.369 e. The molecule has 0 radical (unpaired) electrons. The van der Waals surface area contributed by atoms with Crippen LogP contribution in [0.5, 0.6) is 0 Å². The molecule has 1 aromatic heterocycles. The van der Waals surface area contributed by atoms with Gasteiger partial charge in [-0.2, -0.15) is 13.2 Å². The van der Waals surface area contributed by atoms with Crippen molar-refractivity contribution in [2.24, 2.45) is 11.7 Å². The van der Waals surface area contributed by atoms with Gasteiger partial charge in [0.15, 0.2) is 0 Å². The molecular formula is C23H27F3N4O2S. The van der Waals surface area contributed by atoms with E-state index in [1.165, 1.54) is 17.4 Å². The summed E-state index contributed by atoms with van der Waals surface area (Å²) in [6.07, 6.45) is -1.71. The van der Waals surface area contributed by atoms with Crippen LogP contribution in [-0.4, -0.2) is 49.4 Å². The molecule has 1 saturated heterocycles. The lowest BCUT2D eigenvalue weighted by molar-refractivity contribution is -0.137. The monoisotopic (exact) mass is 480 g/mol. The van der Waals surface area contributed by atoms with Gasteiger partial charge in [0.05, 0.1) is 17.7 Å². The van der Waals surface area contributed by atoms with E-state index in [1.54, 1.807) is 6.07 Å². The maximum Gasteiger partial charge on any atom is 0.416 e. The van der Waals surface area contributed by atoms with Gasteiger partial charge in [0.2, 0.25) is 5.91 Å². The van der Waals surface area contributed by atoms with E-state index in [9.17, 15) is 22.8 Å². The summed E-state index contributed by atoms with van der Waals surface area (Å²) in [6, 6.07) is 5.30. The Labute approximate surface area is 194 Å². The van der Waals surface area contributed by atoms with Gasteiger partial charge in [-0.05, 0) is 48.9 Å². The van der Waals surface area contributed by atoms with Crippen LogP contribution >= 0.6 is 11.3 Å². The summed E-state index contributed by atoms with van der Waals surface area (Å²) in [6.45, 7) is 4.45. The number of amides is 2. The second-order valence-electron chi connectivity index (χ2n) is 8.78. The molecule has 1 aliphatic heterocycles. The molecule has 33 heavy (non-hydrogen) atoms. The van der Waals surface area contributed by atoms with E-state index in [4.69, 9.17) is 5.73 Å². The Morgan fingerprint density at radius 1 is 1.21 bits per heavy atom. The first-order valence-electron chi connectivity index (χ1n) is 11.0. The Kier molecular flexibility index (Phi) is 6.67. The fourth-order valence-corrected chi connectivity index (χ4v) is 5.94. The van der Waals surface area contributed by atoms with Gasteiger partial charge >= 0.3 is 6.18 Å². The van der Waals surface area contributed by atoms with Gasteiger partial charge in [-0.25, -0.2) is 0 Å². The number of hydrogen-bond acceptors (Lipinski definition) is 5. The van der Waals surface area contributed by atoms with E-state index >= 15 is 0 Å². The van der Waals surface area contributed by atoms with Gasteiger partial charge in [-0.15, -0.1) is 11.3 Å². The van der Waals surface area contributed by atoms with Gasteiger partial charge in [-0.3, -0.25) is 14.5 Å². The summed E-state index contributed by atoms with van der Waals surface area (Å²) in [5.74, 6) is -0.211. The highest BCUT2D eigenvalue weighted by Crippen LogP contribution is 2.39. The lowest BCUT2D eigenvalue weighted by Crippen LogP contribution is -2.48. The van der Waals surface area contributed by atoms with Crippen molar-refractivity contribution >= 4 is 33.8 Å². The van der Waals surface area contributed by atoms with Gasteiger partial charge < -0.3 is 16.0 Å². The molecule has 1 aromatic carbocycles. The van der Waals surface area contributed by atoms with Crippen LogP contribution < -0.4 is 16.0 Å². The smallest absolute Gasteiger partial charge is 0.369 e. The third-order valence-electron chi connectivity index (χ3n) is 6.29. The summed E-state index contributed by atoms with van der Waals surface area (Å²) >= 11 is 1.43. The topological polar surface area (TPSA) is 78.7 Å².